The van der Waals surface area contributed by atoms with Crippen molar-refractivity contribution in [3.05, 3.63) is 72.3 Å². The van der Waals surface area contributed by atoms with Gasteiger partial charge in [-0.2, -0.15) is 0 Å². The lowest BCUT2D eigenvalue weighted by molar-refractivity contribution is 0.102. The molecule has 3 aromatic carbocycles. The fraction of sp³-hybridized carbons (Fsp3) is 0.0476. The van der Waals surface area contributed by atoms with Crippen molar-refractivity contribution in [2.24, 2.45) is 0 Å². The van der Waals surface area contributed by atoms with Gasteiger partial charge in [-0.05, 0) is 73.0 Å². The second-order valence-electron chi connectivity index (χ2n) is 6.12. The number of amides is 1. The second kappa shape index (κ2) is 7.17. The molecule has 1 aromatic heterocycles. The first-order chi connectivity index (χ1) is 13.1. The number of H-pyrrole nitrogens is 1. The van der Waals surface area contributed by atoms with Crippen LogP contribution in [0.5, 0.6) is 0 Å². The summed E-state index contributed by atoms with van der Waals surface area (Å²) in [4.78, 5) is 21.3. The molecule has 0 aliphatic carbocycles. The Kier molecular flexibility index (Phi) is 4.56. The molecule has 6 heteroatoms. The predicted molar refractivity (Wildman–Crippen MR) is 112 cm³/mol. The number of rotatable bonds is 4. The van der Waals surface area contributed by atoms with Gasteiger partial charge in [0.15, 0.2) is 0 Å². The van der Waals surface area contributed by atoms with Gasteiger partial charge in [-0.3, -0.25) is 4.79 Å². The highest BCUT2D eigenvalue weighted by Crippen LogP contribution is 2.23. The van der Waals surface area contributed by atoms with Crippen LogP contribution >= 0.6 is 11.8 Å². The molecule has 0 saturated heterocycles. The average molecular weight is 374 g/mol. The van der Waals surface area contributed by atoms with Crippen LogP contribution in [0.3, 0.4) is 0 Å². The smallest absolute Gasteiger partial charge is 0.255 e. The summed E-state index contributed by atoms with van der Waals surface area (Å²) in [6, 6.07) is 20.7. The maximum Gasteiger partial charge on any atom is 0.255 e. The fourth-order valence-electron chi connectivity index (χ4n) is 2.82. The molecular weight excluding hydrogens is 356 g/mol. The molecule has 0 bridgehead atoms. The number of carbonyl (C=O) groups excluding carboxylic acids is 1. The summed E-state index contributed by atoms with van der Waals surface area (Å²) >= 11 is 1.65. The molecular formula is C21H18N4OS. The first-order valence-corrected chi connectivity index (χ1v) is 9.66. The van der Waals surface area contributed by atoms with Gasteiger partial charge in [0, 0.05) is 27.4 Å². The molecule has 4 rings (SSSR count). The average Bonchev–Trinajstić information content (AvgIpc) is 3.11. The summed E-state index contributed by atoms with van der Waals surface area (Å²) in [7, 11) is 0. The van der Waals surface area contributed by atoms with Gasteiger partial charge in [-0.15, -0.1) is 11.8 Å². The molecule has 1 heterocycles. The number of benzene rings is 3. The maximum absolute atomic E-state index is 12.4. The number of nitrogen functional groups attached to an aromatic ring is 1. The fourth-order valence-corrected chi connectivity index (χ4v) is 3.23. The van der Waals surface area contributed by atoms with E-state index in [9.17, 15) is 4.79 Å². The molecule has 27 heavy (non-hydrogen) atoms. The topological polar surface area (TPSA) is 83.8 Å². The highest BCUT2D eigenvalue weighted by Gasteiger charge is 2.08. The summed E-state index contributed by atoms with van der Waals surface area (Å²) in [6.07, 6.45) is 2.01. The third kappa shape index (κ3) is 3.66. The number of nitrogens with zero attached hydrogens (tertiary/aromatic N) is 1. The highest BCUT2D eigenvalue weighted by molar-refractivity contribution is 7.98. The Morgan fingerprint density at radius 2 is 1.78 bits per heavy atom. The molecule has 1 amide bonds. The van der Waals surface area contributed by atoms with Crippen LogP contribution in [0.2, 0.25) is 0 Å². The Labute approximate surface area is 161 Å². The molecule has 4 aromatic rings. The number of fused-ring (bicyclic) bond motifs is 1. The van der Waals surface area contributed by atoms with Crippen molar-refractivity contribution in [1.82, 2.24) is 9.97 Å². The zero-order valence-corrected chi connectivity index (χ0v) is 15.5. The number of hydrogen-bond acceptors (Lipinski definition) is 4. The number of aromatic nitrogens is 2. The summed E-state index contributed by atoms with van der Waals surface area (Å²) in [5.41, 5.74) is 10.6. The number of nitrogens with two attached hydrogens (primary N) is 1. The van der Waals surface area contributed by atoms with Gasteiger partial charge < -0.3 is 16.0 Å². The van der Waals surface area contributed by atoms with Crippen LogP contribution in [-0.4, -0.2) is 22.1 Å². The Morgan fingerprint density at radius 3 is 2.48 bits per heavy atom. The Morgan fingerprint density at radius 1 is 1.04 bits per heavy atom. The molecule has 0 aliphatic rings. The first-order valence-electron chi connectivity index (χ1n) is 8.43. The summed E-state index contributed by atoms with van der Waals surface area (Å²) in [6.45, 7) is 0. The standard InChI is InChI=1S/C21H18N4OS/c1-27-17-9-4-14(5-10-17)21(26)23-16-7-2-13(3-8-16)20-24-18-11-6-15(22)12-19(18)25-20/h2-12H,22H2,1H3,(H,23,26)(H,24,25). The predicted octanol–water partition coefficient (Wildman–Crippen LogP) is 4.79. The lowest BCUT2D eigenvalue weighted by Gasteiger charge is -2.06. The normalized spacial score (nSPS) is 10.9. The molecule has 0 radical (unpaired) electrons. The van der Waals surface area contributed by atoms with Crippen molar-refractivity contribution >= 4 is 40.1 Å². The number of aromatic amines is 1. The third-order valence-corrected chi connectivity index (χ3v) is 5.02. The van der Waals surface area contributed by atoms with Gasteiger partial charge in [0.2, 0.25) is 0 Å². The number of thioether (sulfide) groups is 1. The Hall–Kier alpha value is -3.25. The van der Waals surface area contributed by atoms with Gasteiger partial charge in [-0.25, -0.2) is 4.98 Å². The monoisotopic (exact) mass is 374 g/mol. The molecule has 0 fully saturated rings. The van der Waals surface area contributed by atoms with E-state index in [0.717, 1.165) is 33.0 Å². The van der Waals surface area contributed by atoms with E-state index in [1.54, 1.807) is 11.8 Å². The number of nitrogens with one attached hydrogen (secondary N) is 2. The van der Waals surface area contributed by atoms with E-state index in [4.69, 9.17) is 5.73 Å². The number of imidazole rings is 1. The van der Waals surface area contributed by atoms with E-state index < -0.39 is 0 Å². The second-order valence-corrected chi connectivity index (χ2v) is 7.00. The van der Waals surface area contributed by atoms with E-state index in [2.05, 4.69) is 15.3 Å². The quantitative estimate of drug-likeness (QED) is 0.354. The van der Waals surface area contributed by atoms with Crippen LogP contribution in [0.1, 0.15) is 10.4 Å². The van der Waals surface area contributed by atoms with Crippen LogP contribution < -0.4 is 11.1 Å². The lowest BCUT2D eigenvalue weighted by Crippen LogP contribution is -2.11. The van der Waals surface area contributed by atoms with Crippen LogP contribution in [-0.2, 0) is 0 Å². The molecule has 4 N–H and O–H groups in total. The zero-order chi connectivity index (χ0) is 18.8. The zero-order valence-electron chi connectivity index (χ0n) is 14.7. The van der Waals surface area contributed by atoms with Crippen molar-refractivity contribution in [3.8, 4) is 11.4 Å². The van der Waals surface area contributed by atoms with E-state index in [0.29, 0.717) is 11.3 Å². The largest absolute Gasteiger partial charge is 0.399 e. The van der Waals surface area contributed by atoms with Gasteiger partial charge >= 0.3 is 0 Å². The molecule has 0 unspecified atom stereocenters. The van der Waals surface area contributed by atoms with Crippen LogP contribution in [0.15, 0.2) is 71.6 Å². The molecule has 134 valence electrons. The van der Waals surface area contributed by atoms with Crippen LogP contribution in [0.4, 0.5) is 11.4 Å². The van der Waals surface area contributed by atoms with E-state index >= 15 is 0 Å². The number of anilines is 2. The SMILES string of the molecule is CSc1ccc(C(=O)Nc2ccc(-c3nc4ccc(N)cc4[nH]3)cc2)cc1. The first kappa shape index (κ1) is 17.2. The van der Waals surface area contributed by atoms with Crippen molar-refractivity contribution < 1.29 is 4.79 Å². The van der Waals surface area contributed by atoms with Crippen LogP contribution in [0, 0.1) is 0 Å². The van der Waals surface area contributed by atoms with Crippen molar-refractivity contribution in [2.45, 2.75) is 4.90 Å². The number of carbonyl (C=O) groups is 1. The lowest BCUT2D eigenvalue weighted by atomic mass is 10.1. The van der Waals surface area contributed by atoms with Crippen molar-refractivity contribution in [1.29, 1.82) is 0 Å². The molecule has 5 nitrogen and oxygen atoms in total. The van der Waals surface area contributed by atoms with Gasteiger partial charge in [0.05, 0.1) is 11.0 Å². The number of hydrogen-bond donors (Lipinski definition) is 3. The third-order valence-electron chi connectivity index (χ3n) is 4.27. The summed E-state index contributed by atoms with van der Waals surface area (Å²) in [5, 5.41) is 2.92. The molecule has 0 spiro atoms. The van der Waals surface area contributed by atoms with E-state index in [1.165, 1.54) is 0 Å². The minimum Gasteiger partial charge on any atom is -0.399 e. The van der Waals surface area contributed by atoms with Crippen molar-refractivity contribution in [2.75, 3.05) is 17.3 Å². The summed E-state index contributed by atoms with van der Waals surface area (Å²) in [5.74, 6) is 0.635. The summed E-state index contributed by atoms with van der Waals surface area (Å²) < 4.78 is 0. The maximum atomic E-state index is 12.4. The molecule has 0 saturated carbocycles. The molecule has 0 atom stereocenters. The minimum atomic E-state index is -0.130. The van der Waals surface area contributed by atoms with Crippen molar-refractivity contribution in [3.63, 3.8) is 0 Å². The Balaban J connectivity index is 1.51. The molecule has 0 aliphatic heterocycles. The highest BCUT2D eigenvalue weighted by atomic mass is 32.2. The van der Waals surface area contributed by atoms with Gasteiger partial charge in [-0.1, -0.05) is 0 Å². The Bertz CT molecular complexity index is 1100. The van der Waals surface area contributed by atoms with E-state index in [1.807, 2.05) is 73.0 Å². The van der Waals surface area contributed by atoms with Gasteiger partial charge in [0.1, 0.15) is 5.82 Å². The van der Waals surface area contributed by atoms with Crippen LogP contribution in [0.25, 0.3) is 22.4 Å². The minimum absolute atomic E-state index is 0.130. The van der Waals surface area contributed by atoms with Gasteiger partial charge in [0.25, 0.3) is 5.91 Å². The van der Waals surface area contributed by atoms with E-state index in [-0.39, 0.29) is 5.91 Å².